The second-order valence-electron chi connectivity index (χ2n) is 5.24. The molecule has 1 aliphatic heterocycles. The van der Waals surface area contributed by atoms with E-state index in [1.54, 1.807) is 0 Å². The average molecular weight is 253 g/mol. The molecule has 0 radical (unpaired) electrons. The van der Waals surface area contributed by atoms with E-state index < -0.39 is 0 Å². The van der Waals surface area contributed by atoms with Crippen molar-refractivity contribution >= 4 is 0 Å². The lowest BCUT2D eigenvalue weighted by Gasteiger charge is -2.34. The molecule has 0 saturated heterocycles. The Morgan fingerprint density at radius 3 is 2.53 bits per heavy atom. The van der Waals surface area contributed by atoms with Gasteiger partial charge in [-0.1, -0.05) is 55.5 Å². The molecule has 1 heterocycles. The summed E-state index contributed by atoms with van der Waals surface area (Å²) in [6, 6.07) is 18.7. The van der Waals surface area contributed by atoms with Crippen molar-refractivity contribution in [1.82, 2.24) is 0 Å². The van der Waals surface area contributed by atoms with Crippen LogP contribution in [0.25, 0.3) is 0 Å². The Kier molecular flexibility index (Phi) is 3.26. The van der Waals surface area contributed by atoms with E-state index in [-0.39, 0.29) is 12.1 Å². The largest absolute Gasteiger partial charge is 0.489 e. The maximum atomic E-state index is 6.27. The SMILES string of the molecule is CC(c1ccccc1)C1C[C@H](N)c2ccccc2O1. The fourth-order valence-electron chi connectivity index (χ4n) is 2.76. The maximum absolute atomic E-state index is 6.27. The summed E-state index contributed by atoms with van der Waals surface area (Å²) in [5.74, 6) is 1.29. The van der Waals surface area contributed by atoms with Crippen LogP contribution in [0.1, 0.15) is 36.4 Å². The molecule has 0 amide bonds. The van der Waals surface area contributed by atoms with Crippen LogP contribution in [0.4, 0.5) is 0 Å². The van der Waals surface area contributed by atoms with Gasteiger partial charge in [-0.2, -0.15) is 0 Å². The van der Waals surface area contributed by atoms with Crippen LogP contribution in [0.5, 0.6) is 5.75 Å². The summed E-state index contributed by atoms with van der Waals surface area (Å²) in [5, 5.41) is 0. The van der Waals surface area contributed by atoms with Crippen molar-refractivity contribution in [3.8, 4) is 5.75 Å². The average Bonchev–Trinajstić information content (AvgIpc) is 2.47. The van der Waals surface area contributed by atoms with Crippen LogP contribution in [0.3, 0.4) is 0 Å². The van der Waals surface area contributed by atoms with E-state index in [2.05, 4.69) is 37.3 Å². The van der Waals surface area contributed by atoms with Crippen molar-refractivity contribution in [1.29, 1.82) is 0 Å². The molecular weight excluding hydrogens is 234 g/mol. The molecule has 0 aromatic heterocycles. The first kappa shape index (κ1) is 12.2. The van der Waals surface area contributed by atoms with Gasteiger partial charge in [0.05, 0.1) is 0 Å². The highest BCUT2D eigenvalue weighted by molar-refractivity contribution is 5.38. The lowest BCUT2D eigenvalue weighted by Crippen LogP contribution is -2.33. The molecule has 98 valence electrons. The van der Waals surface area contributed by atoms with Crippen LogP contribution in [-0.2, 0) is 0 Å². The van der Waals surface area contributed by atoms with Gasteiger partial charge >= 0.3 is 0 Å². The predicted octanol–water partition coefficient (Wildman–Crippen LogP) is 3.64. The topological polar surface area (TPSA) is 35.2 Å². The molecule has 19 heavy (non-hydrogen) atoms. The van der Waals surface area contributed by atoms with Crippen molar-refractivity contribution in [3.63, 3.8) is 0 Å². The van der Waals surface area contributed by atoms with Gasteiger partial charge in [0.2, 0.25) is 0 Å². The Morgan fingerprint density at radius 1 is 1.05 bits per heavy atom. The molecule has 2 aromatic carbocycles. The molecule has 2 unspecified atom stereocenters. The molecule has 3 rings (SSSR count). The van der Waals surface area contributed by atoms with Gasteiger partial charge < -0.3 is 10.5 Å². The number of rotatable bonds is 2. The van der Waals surface area contributed by atoms with Crippen molar-refractivity contribution in [2.24, 2.45) is 5.73 Å². The lowest BCUT2D eigenvalue weighted by molar-refractivity contribution is 0.136. The summed E-state index contributed by atoms with van der Waals surface area (Å²) in [5.41, 5.74) is 8.70. The zero-order chi connectivity index (χ0) is 13.2. The van der Waals surface area contributed by atoms with Crippen LogP contribution in [0.2, 0.25) is 0 Å². The second kappa shape index (κ2) is 5.06. The minimum atomic E-state index is 0.0705. The van der Waals surface area contributed by atoms with Crippen LogP contribution in [0, 0.1) is 0 Å². The molecule has 1 aliphatic rings. The van der Waals surface area contributed by atoms with Gasteiger partial charge in [-0.05, 0) is 11.6 Å². The number of hydrogen-bond acceptors (Lipinski definition) is 2. The second-order valence-corrected chi connectivity index (χ2v) is 5.24. The number of benzene rings is 2. The zero-order valence-corrected chi connectivity index (χ0v) is 11.1. The van der Waals surface area contributed by atoms with E-state index in [0.717, 1.165) is 17.7 Å². The number of fused-ring (bicyclic) bond motifs is 1. The Labute approximate surface area is 114 Å². The van der Waals surface area contributed by atoms with Gasteiger partial charge in [-0.25, -0.2) is 0 Å². The first-order chi connectivity index (χ1) is 9.25. The Morgan fingerprint density at radius 2 is 1.74 bits per heavy atom. The quantitative estimate of drug-likeness (QED) is 0.886. The standard InChI is InChI=1S/C17H19NO/c1-12(13-7-3-2-4-8-13)17-11-15(18)14-9-5-6-10-16(14)19-17/h2-10,12,15,17H,11,18H2,1H3/t12?,15-,17?/m0/s1. The van der Waals surface area contributed by atoms with Crippen molar-refractivity contribution in [2.75, 3.05) is 0 Å². The Bertz CT molecular complexity index is 552. The highest BCUT2D eigenvalue weighted by Crippen LogP contribution is 2.37. The van der Waals surface area contributed by atoms with Gasteiger partial charge in [-0.15, -0.1) is 0 Å². The Balaban J connectivity index is 1.85. The predicted molar refractivity (Wildman–Crippen MR) is 77.3 cm³/mol. The molecule has 0 fully saturated rings. The molecule has 2 aromatic rings. The number of ether oxygens (including phenoxy) is 1. The van der Waals surface area contributed by atoms with E-state index in [1.165, 1.54) is 5.56 Å². The lowest BCUT2D eigenvalue weighted by atomic mass is 9.87. The minimum Gasteiger partial charge on any atom is -0.489 e. The normalized spacial score (nSPS) is 23.3. The first-order valence-electron chi connectivity index (χ1n) is 6.82. The molecule has 2 N–H and O–H groups in total. The summed E-state index contributed by atoms with van der Waals surface area (Å²) in [7, 11) is 0. The van der Waals surface area contributed by atoms with Gasteiger partial charge in [0.25, 0.3) is 0 Å². The van der Waals surface area contributed by atoms with Gasteiger partial charge in [0.15, 0.2) is 0 Å². The highest BCUT2D eigenvalue weighted by atomic mass is 16.5. The van der Waals surface area contributed by atoms with E-state index in [4.69, 9.17) is 10.5 Å². The first-order valence-corrected chi connectivity index (χ1v) is 6.82. The van der Waals surface area contributed by atoms with Crippen molar-refractivity contribution in [3.05, 3.63) is 65.7 Å². The van der Waals surface area contributed by atoms with Crippen molar-refractivity contribution in [2.45, 2.75) is 31.4 Å². The van der Waals surface area contributed by atoms with Gasteiger partial charge in [-0.3, -0.25) is 0 Å². The van der Waals surface area contributed by atoms with Gasteiger partial charge in [0, 0.05) is 23.9 Å². The third-order valence-corrected chi connectivity index (χ3v) is 3.97. The Hall–Kier alpha value is -1.80. The number of nitrogens with two attached hydrogens (primary N) is 1. The molecule has 2 nitrogen and oxygen atoms in total. The summed E-state index contributed by atoms with van der Waals surface area (Å²) in [6.45, 7) is 2.21. The van der Waals surface area contributed by atoms with Crippen LogP contribution >= 0.6 is 0 Å². The molecule has 0 aliphatic carbocycles. The molecular formula is C17H19NO. The summed E-state index contributed by atoms with van der Waals surface area (Å²) >= 11 is 0. The van der Waals surface area contributed by atoms with Crippen LogP contribution in [-0.4, -0.2) is 6.10 Å². The van der Waals surface area contributed by atoms with E-state index in [9.17, 15) is 0 Å². The number of hydrogen-bond donors (Lipinski definition) is 1. The molecule has 0 spiro atoms. The van der Waals surface area contributed by atoms with Crippen LogP contribution in [0.15, 0.2) is 54.6 Å². The zero-order valence-electron chi connectivity index (χ0n) is 11.1. The van der Waals surface area contributed by atoms with E-state index in [1.807, 2.05) is 24.3 Å². The monoisotopic (exact) mass is 253 g/mol. The molecule has 0 bridgehead atoms. The summed E-state index contributed by atoms with van der Waals surface area (Å²) in [4.78, 5) is 0. The summed E-state index contributed by atoms with van der Waals surface area (Å²) in [6.07, 6.45) is 1.01. The third-order valence-electron chi connectivity index (χ3n) is 3.97. The molecule has 2 heteroatoms. The maximum Gasteiger partial charge on any atom is 0.124 e. The van der Waals surface area contributed by atoms with E-state index >= 15 is 0 Å². The van der Waals surface area contributed by atoms with Crippen molar-refractivity contribution < 1.29 is 4.74 Å². The number of para-hydroxylation sites is 1. The fraction of sp³-hybridized carbons (Fsp3) is 0.294. The smallest absolute Gasteiger partial charge is 0.124 e. The van der Waals surface area contributed by atoms with Gasteiger partial charge in [0.1, 0.15) is 11.9 Å². The molecule has 0 saturated carbocycles. The molecule has 3 atom stereocenters. The van der Waals surface area contributed by atoms with E-state index in [0.29, 0.717) is 5.92 Å². The van der Waals surface area contributed by atoms with Crippen LogP contribution < -0.4 is 10.5 Å². The third kappa shape index (κ3) is 2.36. The summed E-state index contributed by atoms with van der Waals surface area (Å²) < 4.78 is 6.14. The minimum absolute atomic E-state index is 0.0705. The fourth-order valence-corrected chi connectivity index (χ4v) is 2.76. The highest BCUT2D eigenvalue weighted by Gasteiger charge is 2.29.